The van der Waals surface area contributed by atoms with Crippen LogP contribution >= 0.6 is 0 Å². The number of furan rings is 1. The van der Waals surface area contributed by atoms with E-state index in [2.05, 4.69) is 18.2 Å². The highest BCUT2D eigenvalue weighted by molar-refractivity contribution is 6.12. The minimum absolute atomic E-state index is 0.420. The third-order valence-corrected chi connectivity index (χ3v) is 11.1. The number of benzene rings is 8. The zero-order valence-corrected chi connectivity index (χ0v) is 33.6. The Bertz CT molecular complexity index is 3400. The average Bonchev–Trinajstić information content (AvgIpc) is 3.75. The van der Waals surface area contributed by atoms with Crippen molar-refractivity contribution in [1.82, 2.24) is 29.9 Å². The Morgan fingerprint density at radius 1 is 0.317 bits per heavy atom. The van der Waals surface area contributed by atoms with E-state index in [4.69, 9.17) is 34.3 Å². The summed E-state index contributed by atoms with van der Waals surface area (Å²) >= 11 is 0. The minimum Gasteiger partial charge on any atom is -0.455 e. The molecule has 0 unspecified atom stereocenters. The monoisotopic (exact) mass is 807 g/mol. The molecule has 0 radical (unpaired) electrons. The summed E-state index contributed by atoms with van der Waals surface area (Å²) in [6.07, 6.45) is 0. The molecule has 294 valence electrons. The van der Waals surface area contributed by atoms with Gasteiger partial charge in [-0.3, -0.25) is 0 Å². The van der Waals surface area contributed by atoms with Crippen LogP contribution < -0.4 is 0 Å². The molecule has 0 spiro atoms. The van der Waals surface area contributed by atoms with Crippen LogP contribution in [0, 0.1) is 11.3 Å². The smallest absolute Gasteiger partial charge is 0.168 e. The molecule has 0 aliphatic carbocycles. The molecule has 3 heterocycles. The Labute approximate surface area is 362 Å². The lowest BCUT2D eigenvalue weighted by Gasteiger charge is -2.17. The Kier molecular flexibility index (Phi) is 9.37. The first kappa shape index (κ1) is 37.1. The number of hydrogen-bond acceptors (Lipinski definition) is 8. The van der Waals surface area contributed by atoms with Gasteiger partial charge in [0.25, 0.3) is 0 Å². The third-order valence-electron chi connectivity index (χ3n) is 11.1. The summed E-state index contributed by atoms with van der Waals surface area (Å²) in [5.74, 6) is 3.05. The lowest BCUT2D eigenvalue weighted by Crippen LogP contribution is -2.02. The average molecular weight is 808 g/mol. The van der Waals surface area contributed by atoms with Crippen molar-refractivity contribution in [2.24, 2.45) is 0 Å². The molecule has 11 rings (SSSR count). The van der Waals surface area contributed by atoms with Crippen molar-refractivity contribution in [2.45, 2.75) is 0 Å². The topological polar surface area (TPSA) is 114 Å². The molecule has 0 fully saturated rings. The van der Waals surface area contributed by atoms with Gasteiger partial charge in [-0.2, -0.15) is 5.26 Å². The van der Waals surface area contributed by atoms with Gasteiger partial charge in [0, 0.05) is 49.7 Å². The maximum atomic E-state index is 11.3. The fourth-order valence-electron chi connectivity index (χ4n) is 8.12. The van der Waals surface area contributed by atoms with Gasteiger partial charge < -0.3 is 4.42 Å². The molecule has 63 heavy (non-hydrogen) atoms. The molecule has 11 aromatic rings. The predicted octanol–water partition coefficient (Wildman–Crippen LogP) is 13.2. The summed E-state index contributed by atoms with van der Waals surface area (Å²) < 4.78 is 6.75. The molecule has 0 aliphatic heterocycles. The number of aromatic nitrogens is 6. The SMILES string of the molecule is N#Cc1c(-c2ccccc2-c2nc(-c3ccccc3)nc(-c3ccccc3)n2)cccc1-c1ccc2c(oc3ccccc32)c1-c1nc(-c2ccccc2)nc(-c2ccccc2)n1. The molecule has 0 N–H and O–H groups in total. The second kappa shape index (κ2) is 15.9. The minimum atomic E-state index is 0.420. The number of hydrogen-bond donors (Lipinski definition) is 0. The summed E-state index contributed by atoms with van der Waals surface area (Å²) in [7, 11) is 0. The summed E-state index contributed by atoms with van der Waals surface area (Å²) in [6, 6.07) is 68.1. The second-order valence-corrected chi connectivity index (χ2v) is 14.9. The third kappa shape index (κ3) is 6.86. The van der Waals surface area contributed by atoms with Crippen LogP contribution in [0.3, 0.4) is 0 Å². The molecule has 0 aliphatic rings. The lowest BCUT2D eigenvalue weighted by atomic mass is 9.88. The number of nitrogens with zero attached hydrogens (tertiary/aromatic N) is 7. The van der Waals surface area contributed by atoms with Crippen molar-refractivity contribution >= 4 is 21.9 Å². The Morgan fingerprint density at radius 2 is 0.730 bits per heavy atom. The fraction of sp³-hybridized carbons (Fsp3) is 0. The van der Waals surface area contributed by atoms with E-state index in [0.717, 1.165) is 60.9 Å². The molecule has 0 saturated carbocycles. The number of rotatable bonds is 8. The van der Waals surface area contributed by atoms with Crippen LogP contribution in [-0.2, 0) is 0 Å². The van der Waals surface area contributed by atoms with E-state index in [9.17, 15) is 5.26 Å². The highest BCUT2D eigenvalue weighted by Crippen LogP contribution is 2.45. The van der Waals surface area contributed by atoms with Gasteiger partial charge in [-0.25, -0.2) is 29.9 Å². The van der Waals surface area contributed by atoms with Crippen LogP contribution in [0.1, 0.15) is 5.56 Å². The van der Waals surface area contributed by atoms with Crippen molar-refractivity contribution in [1.29, 1.82) is 5.26 Å². The Hall–Kier alpha value is -8.93. The molecular formula is C55H33N7O. The first-order chi connectivity index (χ1) is 31.2. The first-order valence-corrected chi connectivity index (χ1v) is 20.5. The molecule has 8 nitrogen and oxygen atoms in total. The van der Waals surface area contributed by atoms with Crippen molar-refractivity contribution < 1.29 is 4.42 Å². The van der Waals surface area contributed by atoms with Crippen LogP contribution in [0.4, 0.5) is 0 Å². The van der Waals surface area contributed by atoms with E-state index in [0.29, 0.717) is 57.2 Å². The van der Waals surface area contributed by atoms with Gasteiger partial charge in [0.05, 0.1) is 11.1 Å². The van der Waals surface area contributed by atoms with Crippen molar-refractivity contribution in [3.8, 4) is 96.7 Å². The normalized spacial score (nSPS) is 11.2. The van der Waals surface area contributed by atoms with Gasteiger partial charge in [-0.1, -0.05) is 188 Å². The van der Waals surface area contributed by atoms with Gasteiger partial charge in [0.2, 0.25) is 0 Å². The van der Waals surface area contributed by atoms with Crippen LogP contribution in [0.2, 0.25) is 0 Å². The lowest BCUT2D eigenvalue weighted by molar-refractivity contribution is 0.669. The Balaban J connectivity index is 1.15. The van der Waals surface area contributed by atoms with E-state index in [1.165, 1.54) is 0 Å². The van der Waals surface area contributed by atoms with E-state index >= 15 is 0 Å². The summed E-state index contributed by atoms with van der Waals surface area (Å²) in [6.45, 7) is 0. The predicted molar refractivity (Wildman–Crippen MR) is 249 cm³/mol. The zero-order valence-electron chi connectivity index (χ0n) is 33.6. The molecule has 3 aromatic heterocycles. The summed E-state index contributed by atoms with van der Waals surface area (Å²) in [5.41, 5.74) is 9.58. The highest BCUT2D eigenvalue weighted by Gasteiger charge is 2.25. The maximum Gasteiger partial charge on any atom is 0.168 e. The number of nitriles is 1. The molecule has 0 bridgehead atoms. The fourth-order valence-corrected chi connectivity index (χ4v) is 8.12. The summed E-state index contributed by atoms with van der Waals surface area (Å²) in [4.78, 5) is 30.4. The maximum absolute atomic E-state index is 11.3. The van der Waals surface area contributed by atoms with Crippen molar-refractivity contribution in [3.05, 3.63) is 206 Å². The van der Waals surface area contributed by atoms with E-state index in [1.54, 1.807) is 0 Å². The quantitative estimate of drug-likeness (QED) is 0.149. The largest absolute Gasteiger partial charge is 0.455 e. The van der Waals surface area contributed by atoms with E-state index in [1.807, 2.05) is 188 Å². The van der Waals surface area contributed by atoms with Crippen LogP contribution in [0.5, 0.6) is 0 Å². The van der Waals surface area contributed by atoms with E-state index < -0.39 is 0 Å². The molecule has 0 saturated heterocycles. The van der Waals surface area contributed by atoms with Crippen molar-refractivity contribution in [3.63, 3.8) is 0 Å². The van der Waals surface area contributed by atoms with Gasteiger partial charge >= 0.3 is 0 Å². The Morgan fingerprint density at radius 3 is 1.25 bits per heavy atom. The highest BCUT2D eigenvalue weighted by atomic mass is 16.3. The molecule has 8 aromatic carbocycles. The van der Waals surface area contributed by atoms with Crippen LogP contribution in [-0.4, -0.2) is 29.9 Å². The molecule has 8 heteroatoms. The molecule has 0 atom stereocenters. The van der Waals surface area contributed by atoms with Crippen LogP contribution in [0.25, 0.3) is 113 Å². The van der Waals surface area contributed by atoms with Crippen LogP contribution in [0.15, 0.2) is 205 Å². The van der Waals surface area contributed by atoms with Gasteiger partial charge in [0.15, 0.2) is 34.9 Å². The van der Waals surface area contributed by atoms with Crippen molar-refractivity contribution in [2.75, 3.05) is 0 Å². The van der Waals surface area contributed by atoms with E-state index in [-0.39, 0.29) is 0 Å². The van der Waals surface area contributed by atoms with Gasteiger partial charge in [-0.05, 0) is 23.3 Å². The van der Waals surface area contributed by atoms with Gasteiger partial charge in [0.1, 0.15) is 17.2 Å². The number of fused-ring (bicyclic) bond motifs is 3. The standard InChI is InChI=1S/C55H33N7O/c56-34-46-40(39-26-13-14-28-45(39)54-59-50(35-18-5-1-6-19-35)57-51(60-54)36-20-7-2-8-21-36)29-17-30-41(46)43-32-33-44-42-27-15-16-31-47(42)63-49(44)48(43)55-61-52(37-22-9-3-10-23-37)58-53(62-55)38-24-11-4-12-25-38/h1-33H. The number of para-hydroxylation sites is 1. The second-order valence-electron chi connectivity index (χ2n) is 14.9. The van der Waals surface area contributed by atoms with Gasteiger partial charge in [-0.15, -0.1) is 0 Å². The molecular weight excluding hydrogens is 775 g/mol. The molecule has 0 amide bonds. The zero-order chi connectivity index (χ0) is 42.1. The summed E-state index contributed by atoms with van der Waals surface area (Å²) in [5, 5.41) is 13.2. The first-order valence-electron chi connectivity index (χ1n) is 20.5.